The van der Waals surface area contributed by atoms with E-state index in [9.17, 15) is 9.00 Å². The van der Waals surface area contributed by atoms with Crippen molar-refractivity contribution in [2.24, 2.45) is 0 Å². The van der Waals surface area contributed by atoms with Crippen LogP contribution in [0.25, 0.3) is 0 Å². The van der Waals surface area contributed by atoms with Crippen molar-refractivity contribution in [1.82, 2.24) is 4.90 Å². The number of hydrogen-bond donors (Lipinski definition) is 1. The van der Waals surface area contributed by atoms with Gasteiger partial charge < -0.3 is 10.6 Å². The van der Waals surface area contributed by atoms with Crippen LogP contribution in [0.2, 0.25) is 0 Å². The molecule has 0 bridgehead atoms. The molecule has 5 heteroatoms. The highest BCUT2D eigenvalue weighted by Crippen LogP contribution is 2.19. The Kier molecular flexibility index (Phi) is 4.06. The lowest BCUT2D eigenvalue weighted by Crippen LogP contribution is -2.34. The molecule has 16 heavy (non-hydrogen) atoms. The summed E-state index contributed by atoms with van der Waals surface area (Å²) in [5, 5.41) is -0.584. The van der Waals surface area contributed by atoms with Crippen LogP contribution in [-0.4, -0.2) is 34.4 Å². The molecule has 0 heterocycles. The Morgan fingerprint density at radius 2 is 1.94 bits per heavy atom. The summed E-state index contributed by atoms with van der Waals surface area (Å²) >= 11 is 0. The number of carbonyl (C=O) groups excluding carboxylic acids is 1. The summed E-state index contributed by atoms with van der Waals surface area (Å²) < 4.78 is 12.1. The summed E-state index contributed by atoms with van der Waals surface area (Å²) in [7, 11) is 1.88. The third-order valence-corrected chi connectivity index (χ3v) is 3.89. The van der Waals surface area contributed by atoms with Gasteiger partial charge in [0.15, 0.2) is 0 Å². The van der Waals surface area contributed by atoms with Crippen LogP contribution >= 0.6 is 0 Å². The van der Waals surface area contributed by atoms with Gasteiger partial charge in [0.25, 0.3) is 0 Å². The molecule has 0 saturated heterocycles. The van der Waals surface area contributed by atoms with Crippen LogP contribution in [0.1, 0.15) is 6.92 Å². The minimum Gasteiger partial charge on any atom is -0.398 e. The molecule has 2 atom stereocenters. The number of amides is 1. The molecule has 0 radical (unpaired) electrons. The molecular weight excluding hydrogens is 224 g/mol. The zero-order valence-corrected chi connectivity index (χ0v) is 10.5. The molecule has 88 valence electrons. The number of carbonyl (C=O) groups is 1. The average molecular weight is 240 g/mol. The highest BCUT2D eigenvalue weighted by atomic mass is 32.2. The van der Waals surface area contributed by atoms with Gasteiger partial charge in [0.05, 0.1) is 15.7 Å². The smallest absolute Gasteiger partial charge is 0.237 e. The standard InChI is InChI=1S/C11H16N2O2S/c1-8(11(14)13(2)3)16(15)10-7-5-4-6-9(10)12/h4-8H,12H2,1-3H3. The maximum Gasteiger partial charge on any atom is 0.237 e. The molecule has 1 rings (SSSR count). The maximum absolute atomic E-state index is 12.1. The minimum atomic E-state index is -1.41. The topological polar surface area (TPSA) is 63.4 Å². The van der Waals surface area contributed by atoms with E-state index in [1.807, 2.05) is 0 Å². The predicted octanol–water partition coefficient (Wildman–Crippen LogP) is 0.853. The Morgan fingerprint density at radius 3 is 2.44 bits per heavy atom. The van der Waals surface area contributed by atoms with Gasteiger partial charge in [0, 0.05) is 19.8 Å². The van der Waals surface area contributed by atoms with Crippen LogP contribution in [-0.2, 0) is 15.6 Å². The van der Waals surface area contributed by atoms with E-state index in [-0.39, 0.29) is 5.91 Å². The average Bonchev–Trinajstić information content (AvgIpc) is 2.26. The Morgan fingerprint density at radius 1 is 1.38 bits per heavy atom. The maximum atomic E-state index is 12.1. The first kappa shape index (κ1) is 12.7. The molecule has 2 N–H and O–H groups in total. The molecule has 0 spiro atoms. The van der Waals surface area contributed by atoms with E-state index < -0.39 is 16.0 Å². The normalized spacial score (nSPS) is 14.2. The molecule has 1 amide bonds. The van der Waals surface area contributed by atoms with Gasteiger partial charge in [-0.2, -0.15) is 0 Å². The van der Waals surface area contributed by atoms with Crippen LogP contribution in [0.5, 0.6) is 0 Å². The van der Waals surface area contributed by atoms with Crippen molar-refractivity contribution in [3.8, 4) is 0 Å². The Labute approximate surface area is 97.9 Å². The second kappa shape index (κ2) is 5.12. The van der Waals surface area contributed by atoms with Crippen molar-refractivity contribution in [1.29, 1.82) is 0 Å². The molecule has 1 aromatic carbocycles. The Balaban J connectivity index is 2.95. The molecular formula is C11H16N2O2S. The first-order valence-corrected chi connectivity index (χ1v) is 6.12. The summed E-state index contributed by atoms with van der Waals surface area (Å²) in [6.45, 7) is 1.64. The van der Waals surface area contributed by atoms with E-state index in [1.54, 1.807) is 45.3 Å². The van der Waals surface area contributed by atoms with Crippen molar-refractivity contribution >= 4 is 22.4 Å². The van der Waals surface area contributed by atoms with Gasteiger partial charge in [0.1, 0.15) is 5.25 Å². The van der Waals surface area contributed by atoms with Crippen molar-refractivity contribution in [2.45, 2.75) is 17.1 Å². The fraction of sp³-hybridized carbons (Fsp3) is 0.364. The van der Waals surface area contributed by atoms with Crippen LogP contribution in [0.4, 0.5) is 5.69 Å². The van der Waals surface area contributed by atoms with Gasteiger partial charge in [-0.05, 0) is 19.1 Å². The highest BCUT2D eigenvalue weighted by molar-refractivity contribution is 7.86. The first-order valence-electron chi connectivity index (χ1n) is 4.91. The lowest BCUT2D eigenvalue weighted by atomic mass is 10.3. The zero-order chi connectivity index (χ0) is 12.3. The van der Waals surface area contributed by atoms with E-state index in [0.29, 0.717) is 10.6 Å². The van der Waals surface area contributed by atoms with Gasteiger partial charge >= 0.3 is 0 Å². The van der Waals surface area contributed by atoms with Crippen LogP contribution in [0, 0.1) is 0 Å². The second-order valence-electron chi connectivity index (χ2n) is 3.71. The van der Waals surface area contributed by atoms with Crippen molar-refractivity contribution in [3.63, 3.8) is 0 Å². The molecule has 2 unspecified atom stereocenters. The van der Waals surface area contributed by atoms with E-state index >= 15 is 0 Å². The van der Waals surface area contributed by atoms with Crippen LogP contribution < -0.4 is 5.73 Å². The molecule has 0 fully saturated rings. The first-order chi connectivity index (χ1) is 7.45. The van der Waals surface area contributed by atoms with Crippen LogP contribution in [0.3, 0.4) is 0 Å². The molecule has 0 aromatic heterocycles. The lowest BCUT2D eigenvalue weighted by Gasteiger charge is -2.17. The highest BCUT2D eigenvalue weighted by Gasteiger charge is 2.23. The summed E-state index contributed by atoms with van der Waals surface area (Å²) in [6, 6.07) is 6.90. The monoisotopic (exact) mass is 240 g/mol. The minimum absolute atomic E-state index is 0.165. The third kappa shape index (κ3) is 2.61. The largest absolute Gasteiger partial charge is 0.398 e. The van der Waals surface area contributed by atoms with Crippen LogP contribution in [0.15, 0.2) is 29.2 Å². The van der Waals surface area contributed by atoms with Crippen molar-refractivity contribution in [3.05, 3.63) is 24.3 Å². The van der Waals surface area contributed by atoms with E-state index in [0.717, 1.165) is 0 Å². The lowest BCUT2D eigenvalue weighted by molar-refractivity contribution is -0.127. The van der Waals surface area contributed by atoms with Gasteiger partial charge in [-0.25, -0.2) is 0 Å². The van der Waals surface area contributed by atoms with E-state index in [4.69, 9.17) is 5.73 Å². The van der Waals surface area contributed by atoms with Gasteiger partial charge in [-0.1, -0.05) is 12.1 Å². The number of hydrogen-bond acceptors (Lipinski definition) is 3. The second-order valence-corrected chi connectivity index (χ2v) is 5.45. The third-order valence-electron chi connectivity index (χ3n) is 2.25. The van der Waals surface area contributed by atoms with Gasteiger partial charge in [-0.3, -0.25) is 9.00 Å². The summed E-state index contributed by atoms with van der Waals surface area (Å²) in [5.74, 6) is -0.165. The summed E-state index contributed by atoms with van der Waals surface area (Å²) in [5.41, 5.74) is 6.18. The van der Waals surface area contributed by atoms with Crippen molar-refractivity contribution < 1.29 is 9.00 Å². The summed E-state index contributed by atoms with van der Waals surface area (Å²) in [4.78, 5) is 13.6. The number of nitrogen functional groups attached to an aromatic ring is 1. The molecule has 0 aliphatic carbocycles. The van der Waals surface area contributed by atoms with Crippen molar-refractivity contribution in [2.75, 3.05) is 19.8 Å². The number of para-hydroxylation sites is 1. The SMILES string of the molecule is CC(C(=O)N(C)C)S(=O)c1ccccc1N. The van der Waals surface area contributed by atoms with E-state index in [1.165, 1.54) is 4.90 Å². The van der Waals surface area contributed by atoms with Gasteiger partial charge in [0.2, 0.25) is 5.91 Å². The number of rotatable bonds is 3. The molecule has 4 nitrogen and oxygen atoms in total. The number of nitrogens with zero attached hydrogens (tertiary/aromatic N) is 1. The summed E-state index contributed by atoms with van der Waals surface area (Å²) in [6.07, 6.45) is 0. The predicted molar refractivity (Wildman–Crippen MR) is 65.4 cm³/mol. The Hall–Kier alpha value is -1.36. The Bertz CT molecular complexity index is 418. The number of anilines is 1. The fourth-order valence-corrected chi connectivity index (χ4v) is 2.60. The zero-order valence-electron chi connectivity index (χ0n) is 9.64. The van der Waals surface area contributed by atoms with Gasteiger partial charge in [-0.15, -0.1) is 0 Å². The quantitative estimate of drug-likeness (QED) is 0.797. The molecule has 1 aromatic rings. The number of nitrogens with two attached hydrogens (primary N) is 1. The van der Waals surface area contributed by atoms with E-state index in [2.05, 4.69) is 0 Å². The molecule has 0 aliphatic heterocycles. The number of benzene rings is 1. The fourth-order valence-electron chi connectivity index (χ4n) is 1.31. The molecule has 0 saturated carbocycles. The molecule has 0 aliphatic rings.